The standard InChI is InChI=1S/C11H22N2O4/c1-7(11(2,3)4)12-10(16)13-8(6-17-5)9(14)15/h7-8H,6H2,1-5H3,(H,14,15)(H2,12,13,16). The molecule has 0 aliphatic heterocycles. The van der Waals surface area contributed by atoms with Gasteiger partial charge in [-0.05, 0) is 12.3 Å². The molecule has 0 radical (unpaired) electrons. The summed E-state index contributed by atoms with van der Waals surface area (Å²) < 4.78 is 4.72. The van der Waals surface area contributed by atoms with Crippen LogP contribution in [-0.4, -0.2) is 42.9 Å². The van der Waals surface area contributed by atoms with E-state index < -0.39 is 18.0 Å². The highest BCUT2D eigenvalue weighted by Crippen LogP contribution is 2.18. The number of ether oxygens (including phenoxy) is 1. The van der Waals surface area contributed by atoms with Gasteiger partial charge < -0.3 is 20.5 Å². The topological polar surface area (TPSA) is 87.7 Å². The summed E-state index contributed by atoms with van der Waals surface area (Å²) in [7, 11) is 1.38. The summed E-state index contributed by atoms with van der Waals surface area (Å²) >= 11 is 0. The van der Waals surface area contributed by atoms with Gasteiger partial charge in [-0.3, -0.25) is 0 Å². The lowest BCUT2D eigenvalue weighted by Crippen LogP contribution is -2.52. The molecule has 100 valence electrons. The SMILES string of the molecule is COCC(NC(=O)NC(C)C(C)(C)C)C(=O)O. The van der Waals surface area contributed by atoms with Gasteiger partial charge >= 0.3 is 12.0 Å². The summed E-state index contributed by atoms with van der Waals surface area (Å²) in [4.78, 5) is 22.3. The molecule has 0 heterocycles. The van der Waals surface area contributed by atoms with Crippen molar-refractivity contribution in [3.8, 4) is 0 Å². The number of amides is 2. The van der Waals surface area contributed by atoms with Crippen molar-refractivity contribution in [3.05, 3.63) is 0 Å². The highest BCUT2D eigenvalue weighted by molar-refractivity contribution is 5.82. The minimum absolute atomic E-state index is 0.0628. The Morgan fingerprint density at radius 3 is 2.18 bits per heavy atom. The molecule has 0 bridgehead atoms. The molecular formula is C11H22N2O4. The minimum atomic E-state index is -1.12. The number of hydrogen-bond acceptors (Lipinski definition) is 3. The number of hydrogen-bond donors (Lipinski definition) is 3. The predicted molar refractivity (Wildman–Crippen MR) is 63.9 cm³/mol. The van der Waals surface area contributed by atoms with Crippen LogP contribution in [-0.2, 0) is 9.53 Å². The van der Waals surface area contributed by atoms with Gasteiger partial charge in [0.15, 0.2) is 6.04 Å². The van der Waals surface area contributed by atoms with Gasteiger partial charge in [0.25, 0.3) is 0 Å². The molecule has 0 rings (SSSR count). The van der Waals surface area contributed by atoms with Gasteiger partial charge in [-0.15, -0.1) is 0 Å². The first-order valence-corrected chi connectivity index (χ1v) is 5.47. The van der Waals surface area contributed by atoms with Crippen LogP contribution in [0.5, 0.6) is 0 Å². The lowest BCUT2D eigenvalue weighted by atomic mass is 9.88. The van der Waals surface area contributed by atoms with Crippen LogP contribution in [0.15, 0.2) is 0 Å². The normalized spacial score (nSPS) is 14.9. The van der Waals surface area contributed by atoms with E-state index in [2.05, 4.69) is 10.6 Å². The Hall–Kier alpha value is -1.30. The number of carboxylic acid groups (broad SMARTS) is 1. The minimum Gasteiger partial charge on any atom is -0.480 e. The number of rotatable bonds is 5. The van der Waals surface area contributed by atoms with E-state index in [9.17, 15) is 9.59 Å². The smallest absolute Gasteiger partial charge is 0.328 e. The molecule has 0 aromatic carbocycles. The van der Waals surface area contributed by atoms with Crippen LogP contribution in [0.4, 0.5) is 4.79 Å². The molecule has 17 heavy (non-hydrogen) atoms. The summed E-state index contributed by atoms with van der Waals surface area (Å²) in [5, 5.41) is 13.9. The molecule has 3 N–H and O–H groups in total. The van der Waals surface area contributed by atoms with Crippen LogP contribution in [0.3, 0.4) is 0 Å². The first kappa shape index (κ1) is 15.7. The molecule has 0 aromatic rings. The molecule has 6 heteroatoms. The van der Waals surface area contributed by atoms with Crippen molar-refractivity contribution in [1.82, 2.24) is 10.6 Å². The van der Waals surface area contributed by atoms with Gasteiger partial charge in [0, 0.05) is 13.2 Å². The Morgan fingerprint density at radius 1 is 1.29 bits per heavy atom. The van der Waals surface area contributed by atoms with Crippen LogP contribution in [0, 0.1) is 5.41 Å². The van der Waals surface area contributed by atoms with Gasteiger partial charge in [-0.25, -0.2) is 9.59 Å². The maximum atomic E-state index is 11.5. The van der Waals surface area contributed by atoms with Crippen LogP contribution in [0.1, 0.15) is 27.7 Å². The molecule has 0 spiro atoms. The molecule has 6 nitrogen and oxygen atoms in total. The van der Waals surface area contributed by atoms with Gasteiger partial charge in [-0.1, -0.05) is 20.8 Å². The quantitative estimate of drug-likeness (QED) is 0.670. The average Bonchev–Trinajstić information content (AvgIpc) is 2.15. The third-order valence-electron chi connectivity index (χ3n) is 2.58. The molecule has 2 atom stereocenters. The molecular weight excluding hydrogens is 224 g/mol. The highest BCUT2D eigenvalue weighted by atomic mass is 16.5. The molecule has 0 aromatic heterocycles. The Bertz CT molecular complexity index is 273. The van der Waals surface area contributed by atoms with E-state index >= 15 is 0 Å². The average molecular weight is 246 g/mol. The largest absolute Gasteiger partial charge is 0.480 e. The molecule has 2 amide bonds. The van der Waals surface area contributed by atoms with Crippen molar-refractivity contribution in [1.29, 1.82) is 0 Å². The van der Waals surface area contributed by atoms with Crippen molar-refractivity contribution >= 4 is 12.0 Å². The number of urea groups is 1. The predicted octanol–water partition coefficient (Wildman–Crippen LogP) is 0.820. The number of carboxylic acids is 1. The van der Waals surface area contributed by atoms with Crippen molar-refractivity contribution in [2.75, 3.05) is 13.7 Å². The van der Waals surface area contributed by atoms with E-state index in [1.807, 2.05) is 27.7 Å². The molecule has 0 aliphatic rings. The van der Waals surface area contributed by atoms with Gasteiger partial charge in [0.05, 0.1) is 6.61 Å². The Labute approximate surface area is 102 Å². The Balaban J connectivity index is 4.29. The van der Waals surface area contributed by atoms with Gasteiger partial charge in [0.2, 0.25) is 0 Å². The number of nitrogens with one attached hydrogen (secondary N) is 2. The maximum absolute atomic E-state index is 11.5. The second-order valence-corrected chi connectivity index (χ2v) is 5.05. The second-order valence-electron chi connectivity index (χ2n) is 5.05. The van der Waals surface area contributed by atoms with Crippen molar-refractivity contribution in [3.63, 3.8) is 0 Å². The zero-order valence-corrected chi connectivity index (χ0v) is 11.0. The molecule has 0 fully saturated rings. The molecule has 2 unspecified atom stereocenters. The van der Waals surface area contributed by atoms with E-state index in [1.165, 1.54) is 7.11 Å². The van der Waals surface area contributed by atoms with Gasteiger partial charge in [0.1, 0.15) is 0 Å². The number of carbonyl (C=O) groups is 2. The van der Waals surface area contributed by atoms with Crippen LogP contribution < -0.4 is 10.6 Å². The van der Waals surface area contributed by atoms with E-state index in [4.69, 9.17) is 9.84 Å². The summed E-state index contributed by atoms with van der Waals surface area (Å²) in [6.45, 7) is 7.77. The lowest BCUT2D eigenvalue weighted by Gasteiger charge is -2.28. The molecule has 0 saturated heterocycles. The number of methoxy groups -OCH3 is 1. The Kier molecular flexibility index (Phi) is 5.95. The lowest BCUT2D eigenvalue weighted by molar-refractivity contribution is -0.140. The highest BCUT2D eigenvalue weighted by Gasteiger charge is 2.24. The fraction of sp³-hybridized carbons (Fsp3) is 0.818. The summed E-state index contributed by atoms with van der Waals surface area (Å²) in [6.07, 6.45) is 0. The zero-order valence-electron chi connectivity index (χ0n) is 11.0. The summed E-state index contributed by atoms with van der Waals surface area (Å²) in [5.74, 6) is -1.12. The number of carbonyl (C=O) groups excluding carboxylic acids is 1. The van der Waals surface area contributed by atoms with E-state index in [0.29, 0.717) is 0 Å². The first-order valence-electron chi connectivity index (χ1n) is 5.47. The fourth-order valence-electron chi connectivity index (χ4n) is 0.954. The monoisotopic (exact) mass is 246 g/mol. The van der Waals surface area contributed by atoms with Crippen molar-refractivity contribution in [2.24, 2.45) is 5.41 Å². The van der Waals surface area contributed by atoms with Crippen LogP contribution in [0.2, 0.25) is 0 Å². The third-order valence-corrected chi connectivity index (χ3v) is 2.58. The number of aliphatic carboxylic acids is 1. The third kappa shape index (κ3) is 6.11. The summed E-state index contributed by atoms with van der Waals surface area (Å²) in [6, 6.07) is -1.61. The van der Waals surface area contributed by atoms with Crippen LogP contribution in [0.25, 0.3) is 0 Å². The molecule has 0 saturated carbocycles. The first-order chi connectivity index (χ1) is 7.68. The van der Waals surface area contributed by atoms with Crippen LogP contribution >= 0.6 is 0 Å². The Morgan fingerprint density at radius 2 is 1.82 bits per heavy atom. The van der Waals surface area contributed by atoms with E-state index in [1.54, 1.807) is 0 Å². The maximum Gasteiger partial charge on any atom is 0.328 e. The second kappa shape index (κ2) is 6.44. The summed E-state index contributed by atoms with van der Waals surface area (Å²) in [5.41, 5.74) is -0.0860. The zero-order chi connectivity index (χ0) is 13.6. The fourth-order valence-corrected chi connectivity index (χ4v) is 0.954. The van der Waals surface area contributed by atoms with E-state index in [0.717, 1.165) is 0 Å². The van der Waals surface area contributed by atoms with Crippen molar-refractivity contribution < 1.29 is 19.4 Å². The van der Waals surface area contributed by atoms with E-state index in [-0.39, 0.29) is 18.1 Å². The van der Waals surface area contributed by atoms with Crippen molar-refractivity contribution in [2.45, 2.75) is 39.8 Å². The van der Waals surface area contributed by atoms with Gasteiger partial charge in [-0.2, -0.15) is 0 Å². The molecule has 0 aliphatic carbocycles.